The number of carbonyl (C=O) groups is 2. The van der Waals surface area contributed by atoms with Gasteiger partial charge in [-0.3, -0.25) is 0 Å². The van der Waals surface area contributed by atoms with E-state index in [1.54, 1.807) is 26.2 Å². The Bertz CT molecular complexity index is 1410. The van der Waals surface area contributed by atoms with Gasteiger partial charge in [0.25, 0.3) is 0 Å². The van der Waals surface area contributed by atoms with Crippen LogP contribution in [0.2, 0.25) is 0 Å². The van der Waals surface area contributed by atoms with Gasteiger partial charge < -0.3 is 20.0 Å². The fourth-order valence-corrected chi connectivity index (χ4v) is 4.95. The Morgan fingerprint density at radius 1 is 0.902 bits per heavy atom. The van der Waals surface area contributed by atoms with E-state index in [0.29, 0.717) is 5.13 Å². The first kappa shape index (κ1) is 29.2. The second-order valence-corrected chi connectivity index (χ2v) is 10.8. The van der Waals surface area contributed by atoms with Crippen LogP contribution >= 0.6 is 11.3 Å². The second-order valence-electron chi connectivity index (χ2n) is 9.99. The van der Waals surface area contributed by atoms with E-state index in [1.807, 2.05) is 91.0 Å². The summed E-state index contributed by atoms with van der Waals surface area (Å²) in [5, 5.41) is 19.3. The van der Waals surface area contributed by atoms with E-state index in [9.17, 15) is 14.7 Å². The number of oxime groups is 1. The van der Waals surface area contributed by atoms with Crippen LogP contribution in [0.1, 0.15) is 43.2 Å². The summed E-state index contributed by atoms with van der Waals surface area (Å²) in [7, 11) is 0. The molecule has 4 rings (SSSR count). The van der Waals surface area contributed by atoms with Crippen molar-refractivity contribution in [1.82, 2.24) is 4.98 Å². The summed E-state index contributed by atoms with van der Waals surface area (Å²) in [6.07, 6.45) is 2.61. The van der Waals surface area contributed by atoms with Crippen LogP contribution < -0.4 is 5.32 Å². The predicted octanol–water partition coefficient (Wildman–Crippen LogP) is 6.25. The van der Waals surface area contributed by atoms with E-state index in [1.165, 1.54) is 23.5 Å². The van der Waals surface area contributed by atoms with Crippen LogP contribution in [0.3, 0.4) is 0 Å². The molecule has 0 atom stereocenters. The average molecular weight is 570 g/mol. The summed E-state index contributed by atoms with van der Waals surface area (Å²) in [6, 6.07) is 30.0. The van der Waals surface area contributed by atoms with Crippen LogP contribution in [-0.4, -0.2) is 39.9 Å². The molecule has 0 aliphatic heterocycles. The van der Waals surface area contributed by atoms with E-state index in [0.717, 1.165) is 16.7 Å². The van der Waals surface area contributed by atoms with Crippen LogP contribution in [0.5, 0.6) is 0 Å². The van der Waals surface area contributed by atoms with Crippen molar-refractivity contribution in [2.45, 2.75) is 31.9 Å². The van der Waals surface area contributed by atoms with Crippen molar-refractivity contribution >= 4 is 34.1 Å². The van der Waals surface area contributed by atoms with Crippen LogP contribution in [0.15, 0.2) is 114 Å². The number of benzene rings is 3. The standard InChI is InChI=1S/C32H31N3O5S/c1-31(2,3)40-27(36)20-13-21-39-35-28(29(37)38)26-22-41-30(33-26)34-32(23-14-7-4-8-15-23,24-16-9-5-10-17-24)25-18-11-6-12-19-25/h4-20,22H,21H2,1-3H3,(H,33,34)(H,37,38)/b20-13-,35-28?. The second kappa shape index (κ2) is 13.1. The van der Waals surface area contributed by atoms with E-state index >= 15 is 0 Å². The van der Waals surface area contributed by atoms with Gasteiger partial charge in [-0.15, -0.1) is 11.3 Å². The maximum Gasteiger partial charge on any atom is 0.360 e. The zero-order valence-electron chi connectivity index (χ0n) is 23.0. The highest BCUT2D eigenvalue weighted by molar-refractivity contribution is 7.14. The van der Waals surface area contributed by atoms with E-state index in [2.05, 4.69) is 15.5 Å². The first-order valence-corrected chi connectivity index (χ1v) is 13.8. The summed E-state index contributed by atoms with van der Waals surface area (Å²) in [5.74, 6) is -1.82. The third-order valence-corrected chi connectivity index (χ3v) is 6.61. The smallest absolute Gasteiger partial charge is 0.360 e. The fourth-order valence-electron chi connectivity index (χ4n) is 4.20. The SMILES string of the molecule is CC(C)(C)OC(=O)/C=C\CON=C(C(=O)O)c1csc(NC(c2ccccc2)(c2ccccc2)c2ccccc2)n1. The summed E-state index contributed by atoms with van der Waals surface area (Å²) < 4.78 is 5.18. The Labute approximate surface area is 243 Å². The number of esters is 1. The highest BCUT2D eigenvalue weighted by Crippen LogP contribution is 2.40. The number of anilines is 1. The number of nitrogens with zero attached hydrogens (tertiary/aromatic N) is 2. The van der Waals surface area contributed by atoms with Gasteiger partial charge in [-0.25, -0.2) is 14.6 Å². The monoisotopic (exact) mass is 569 g/mol. The number of nitrogens with one attached hydrogen (secondary N) is 1. The molecule has 0 unspecified atom stereocenters. The van der Waals surface area contributed by atoms with Crippen LogP contribution in [0.25, 0.3) is 0 Å². The summed E-state index contributed by atoms with van der Waals surface area (Å²) in [6.45, 7) is 5.17. The lowest BCUT2D eigenvalue weighted by atomic mass is 9.77. The predicted molar refractivity (Wildman–Crippen MR) is 160 cm³/mol. The number of aliphatic carboxylic acids is 1. The molecule has 0 fully saturated rings. The van der Waals surface area contributed by atoms with Crippen molar-refractivity contribution in [1.29, 1.82) is 0 Å². The first-order chi connectivity index (χ1) is 19.7. The Balaban J connectivity index is 1.64. The van der Waals surface area contributed by atoms with Gasteiger partial charge in [0.1, 0.15) is 23.4 Å². The van der Waals surface area contributed by atoms with Crippen LogP contribution in [0.4, 0.5) is 5.13 Å². The molecular formula is C32H31N3O5S. The molecule has 8 nitrogen and oxygen atoms in total. The van der Waals surface area contributed by atoms with Gasteiger partial charge in [-0.05, 0) is 43.5 Å². The Kier molecular flexibility index (Phi) is 9.31. The maximum absolute atomic E-state index is 12.0. The van der Waals surface area contributed by atoms with Gasteiger partial charge in [0.2, 0.25) is 5.71 Å². The molecule has 4 aromatic rings. The molecule has 0 radical (unpaired) electrons. The van der Waals surface area contributed by atoms with Gasteiger partial charge in [0.15, 0.2) is 5.13 Å². The molecule has 1 aromatic heterocycles. The van der Waals surface area contributed by atoms with Crippen molar-refractivity contribution in [3.8, 4) is 0 Å². The first-order valence-electron chi connectivity index (χ1n) is 12.9. The van der Waals surface area contributed by atoms with Gasteiger partial charge in [0.05, 0.1) is 0 Å². The minimum atomic E-state index is -1.29. The van der Waals surface area contributed by atoms with Gasteiger partial charge in [-0.2, -0.15) is 0 Å². The summed E-state index contributed by atoms with van der Waals surface area (Å²) in [5.41, 5.74) is 1.31. The Morgan fingerprint density at radius 3 is 1.88 bits per heavy atom. The average Bonchev–Trinajstić information content (AvgIpc) is 3.41. The number of hydrogen-bond acceptors (Lipinski definition) is 8. The molecule has 2 N–H and O–H groups in total. The minimum absolute atomic E-state index is 0.121. The number of carbonyl (C=O) groups excluding carboxylic acids is 1. The van der Waals surface area contributed by atoms with Crippen molar-refractivity contribution in [3.63, 3.8) is 0 Å². The lowest BCUT2D eigenvalue weighted by molar-refractivity contribution is -0.148. The van der Waals surface area contributed by atoms with Crippen molar-refractivity contribution in [2.75, 3.05) is 11.9 Å². The molecule has 0 amide bonds. The highest BCUT2D eigenvalue weighted by Gasteiger charge is 2.37. The van der Waals surface area contributed by atoms with E-state index < -0.39 is 23.1 Å². The third-order valence-electron chi connectivity index (χ3n) is 5.85. The van der Waals surface area contributed by atoms with Gasteiger partial charge in [0, 0.05) is 11.5 Å². The molecule has 1 heterocycles. The fraction of sp³-hybridized carbons (Fsp3) is 0.188. The molecular weight excluding hydrogens is 538 g/mol. The molecule has 210 valence electrons. The van der Waals surface area contributed by atoms with Gasteiger partial charge >= 0.3 is 11.9 Å². The molecule has 0 bridgehead atoms. The molecule has 0 spiro atoms. The molecule has 3 aromatic carbocycles. The lowest BCUT2D eigenvalue weighted by Crippen LogP contribution is -2.38. The van der Waals surface area contributed by atoms with E-state index in [4.69, 9.17) is 9.57 Å². The zero-order valence-corrected chi connectivity index (χ0v) is 23.8. The number of rotatable bonds is 11. The summed E-state index contributed by atoms with van der Waals surface area (Å²) in [4.78, 5) is 33.6. The molecule has 9 heteroatoms. The molecule has 0 saturated heterocycles. The van der Waals surface area contributed by atoms with Gasteiger partial charge in [-0.1, -0.05) is 96.2 Å². The van der Waals surface area contributed by atoms with Crippen molar-refractivity contribution in [3.05, 3.63) is 131 Å². The van der Waals surface area contributed by atoms with E-state index in [-0.39, 0.29) is 18.0 Å². The number of carboxylic acids is 1. The number of aromatic nitrogens is 1. The number of thiazole rings is 1. The topological polar surface area (TPSA) is 110 Å². The molecule has 0 aliphatic rings. The lowest BCUT2D eigenvalue weighted by Gasteiger charge is -2.36. The number of hydrogen-bond donors (Lipinski definition) is 2. The quantitative estimate of drug-likeness (QED) is 0.0549. The van der Waals surface area contributed by atoms with Crippen molar-refractivity contribution < 1.29 is 24.3 Å². The Hall–Kier alpha value is -4.76. The normalized spacial score (nSPS) is 12.2. The molecule has 0 aliphatic carbocycles. The largest absolute Gasteiger partial charge is 0.476 e. The third kappa shape index (κ3) is 7.46. The molecule has 0 saturated carbocycles. The Morgan fingerprint density at radius 2 is 1.41 bits per heavy atom. The number of carboxylic acid groups (broad SMARTS) is 1. The van der Waals surface area contributed by atoms with Crippen LogP contribution in [-0.2, 0) is 24.7 Å². The number of ether oxygens (including phenoxy) is 1. The van der Waals surface area contributed by atoms with Crippen molar-refractivity contribution in [2.24, 2.45) is 5.16 Å². The summed E-state index contributed by atoms with van der Waals surface area (Å²) >= 11 is 1.26. The maximum atomic E-state index is 12.0. The van der Waals surface area contributed by atoms with Crippen LogP contribution in [0, 0.1) is 0 Å². The highest BCUT2D eigenvalue weighted by atomic mass is 32.1. The minimum Gasteiger partial charge on any atom is -0.476 e. The molecule has 41 heavy (non-hydrogen) atoms. The zero-order chi connectivity index (χ0) is 29.3.